The molecule has 0 aliphatic heterocycles. The molecule has 0 aliphatic carbocycles. The van der Waals surface area contributed by atoms with Gasteiger partial charge in [0, 0.05) is 16.9 Å². The van der Waals surface area contributed by atoms with Crippen molar-refractivity contribution in [1.29, 1.82) is 0 Å². The Kier molecular flexibility index (Phi) is 4.03. The van der Waals surface area contributed by atoms with Crippen LogP contribution in [0.1, 0.15) is 28.4 Å². The van der Waals surface area contributed by atoms with Crippen LogP contribution in [0.25, 0.3) is 0 Å². The minimum absolute atomic E-state index is 0.216. The number of carbonyl (C=O) groups is 1. The lowest BCUT2D eigenvalue weighted by Crippen LogP contribution is -2.15. The van der Waals surface area contributed by atoms with Crippen molar-refractivity contribution in [3.05, 3.63) is 58.9 Å². The number of halogens is 1. The van der Waals surface area contributed by atoms with Crippen molar-refractivity contribution in [2.45, 2.75) is 20.3 Å². The van der Waals surface area contributed by atoms with E-state index in [0.29, 0.717) is 0 Å². The van der Waals surface area contributed by atoms with Crippen molar-refractivity contribution >= 4 is 17.3 Å². The van der Waals surface area contributed by atoms with Gasteiger partial charge in [-0.1, -0.05) is 25.1 Å². The molecule has 1 amide bonds. The molecule has 0 fully saturated rings. The smallest absolute Gasteiger partial charge is 0.255 e. The van der Waals surface area contributed by atoms with Gasteiger partial charge in [0.1, 0.15) is 5.82 Å². The zero-order valence-corrected chi connectivity index (χ0v) is 11.5. The van der Waals surface area contributed by atoms with Crippen LogP contribution in [0.4, 0.5) is 15.8 Å². The minimum atomic E-state index is -0.518. The third-order valence-electron chi connectivity index (χ3n) is 3.16. The van der Waals surface area contributed by atoms with Crippen LogP contribution in [-0.4, -0.2) is 5.91 Å². The molecule has 0 bridgehead atoms. The highest BCUT2D eigenvalue weighted by Gasteiger charge is 2.12. The average molecular weight is 272 g/mol. The van der Waals surface area contributed by atoms with Crippen molar-refractivity contribution in [2.75, 3.05) is 11.1 Å². The first-order chi connectivity index (χ1) is 9.51. The second kappa shape index (κ2) is 5.74. The summed E-state index contributed by atoms with van der Waals surface area (Å²) in [5.41, 5.74) is 8.80. The molecule has 0 saturated carbocycles. The summed E-state index contributed by atoms with van der Waals surface area (Å²) in [7, 11) is 0. The number of benzene rings is 2. The zero-order chi connectivity index (χ0) is 14.7. The van der Waals surface area contributed by atoms with Crippen molar-refractivity contribution in [1.82, 2.24) is 0 Å². The normalized spacial score (nSPS) is 10.3. The highest BCUT2D eigenvalue weighted by molar-refractivity contribution is 6.05. The van der Waals surface area contributed by atoms with Crippen LogP contribution >= 0.6 is 0 Å². The van der Waals surface area contributed by atoms with Crippen LogP contribution in [0.3, 0.4) is 0 Å². The zero-order valence-electron chi connectivity index (χ0n) is 11.5. The van der Waals surface area contributed by atoms with E-state index in [1.54, 1.807) is 0 Å². The summed E-state index contributed by atoms with van der Waals surface area (Å²) < 4.78 is 13.3. The van der Waals surface area contributed by atoms with Crippen LogP contribution < -0.4 is 11.1 Å². The van der Waals surface area contributed by atoms with Crippen molar-refractivity contribution in [3.8, 4) is 0 Å². The first-order valence-electron chi connectivity index (χ1n) is 6.47. The van der Waals surface area contributed by atoms with Crippen LogP contribution in [0.2, 0.25) is 0 Å². The molecule has 4 heteroatoms. The number of para-hydroxylation sites is 1. The molecule has 0 aromatic heterocycles. The van der Waals surface area contributed by atoms with E-state index >= 15 is 0 Å². The van der Waals surface area contributed by atoms with Gasteiger partial charge in [0.25, 0.3) is 5.91 Å². The van der Waals surface area contributed by atoms with Crippen LogP contribution in [0.15, 0.2) is 36.4 Å². The standard InChI is InChI=1S/C16H17FN2O/c1-3-11-6-4-5-10(2)15(11)19-16(20)12-7-13(17)9-14(18)8-12/h4-9H,3,18H2,1-2H3,(H,19,20). The van der Waals surface area contributed by atoms with E-state index in [9.17, 15) is 9.18 Å². The molecule has 2 rings (SSSR count). The fraction of sp³-hybridized carbons (Fsp3) is 0.188. The monoisotopic (exact) mass is 272 g/mol. The number of hydrogen-bond donors (Lipinski definition) is 2. The number of hydrogen-bond acceptors (Lipinski definition) is 2. The van der Waals surface area contributed by atoms with E-state index < -0.39 is 5.82 Å². The van der Waals surface area contributed by atoms with E-state index in [2.05, 4.69) is 5.32 Å². The molecule has 0 saturated heterocycles. The molecule has 3 N–H and O–H groups in total. The van der Waals surface area contributed by atoms with Gasteiger partial charge in [0.2, 0.25) is 0 Å². The lowest BCUT2D eigenvalue weighted by molar-refractivity contribution is 0.102. The summed E-state index contributed by atoms with van der Waals surface area (Å²) in [6.45, 7) is 3.94. The number of anilines is 2. The van der Waals surface area contributed by atoms with E-state index in [0.717, 1.165) is 23.2 Å². The SMILES string of the molecule is CCc1cccc(C)c1NC(=O)c1cc(N)cc(F)c1. The second-order valence-electron chi connectivity index (χ2n) is 4.69. The van der Waals surface area contributed by atoms with Gasteiger partial charge in [-0.15, -0.1) is 0 Å². The van der Waals surface area contributed by atoms with Crippen molar-refractivity contribution in [3.63, 3.8) is 0 Å². The van der Waals surface area contributed by atoms with Crippen molar-refractivity contribution < 1.29 is 9.18 Å². The molecule has 0 atom stereocenters. The molecule has 0 spiro atoms. The highest BCUT2D eigenvalue weighted by atomic mass is 19.1. The van der Waals surface area contributed by atoms with Crippen LogP contribution in [-0.2, 0) is 6.42 Å². The molecule has 3 nitrogen and oxygen atoms in total. The Labute approximate surface area is 117 Å². The number of aryl methyl sites for hydroxylation is 2. The highest BCUT2D eigenvalue weighted by Crippen LogP contribution is 2.22. The van der Waals surface area contributed by atoms with Gasteiger partial charge < -0.3 is 11.1 Å². The van der Waals surface area contributed by atoms with Gasteiger partial charge >= 0.3 is 0 Å². The number of rotatable bonds is 3. The quantitative estimate of drug-likeness (QED) is 0.840. The Balaban J connectivity index is 2.32. The van der Waals surface area contributed by atoms with Gasteiger partial charge in [0.15, 0.2) is 0 Å². The largest absolute Gasteiger partial charge is 0.399 e. The maximum atomic E-state index is 13.3. The Morgan fingerprint density at radius 3 is 2.70 bits per heavy atom. The maximum absolute atomic E-state index is 13.3. The maximum Gasteiger partial charge on any atom is 0.255 e. The number of nitrogens with one attached hydrogen (secondary N) is 1. The minimum Gasteiger partial charge on any atom is -0.399 e. The lowest BCUT2D eigenvalue weighted by Gasteiger charge is -2.13. The summed E-state index contributed by atoms with van der Waals surface area (Å²) in [6, 6.07) is 9.65. The molecular formula is C16H17FN2O. The van der Waals surface area contributed by atoms with E-state index in [4.69, 9.17) is 5.73 Å². The first kappa shape index (κ1) is 14.1. The molecule has 2 aromatic rings. The fourth-order valence-corrected chi connectivity index (χ4v) is 2.13. The summed E-state index contributed by atoms with van der Waals surface area (Å²) >= 11 is 0. The predicted molar refractivity (Wildman–Crippen MR) is 79.3 cm³/mol. The Morgan fingerprint density at radius 1 is 1.30 bits per heavy atom. The molecule has 0 unspecified atom stereocenters. The molecular weight excluding hydrogens is 255 g/mol. The van der Waals surface area contributed by atoms with E-state index in [1.807, 2.05) is 32.0 Å². The average Bonchev–Trinajstić information content (AvgIpc) is 2.39. The number of carbonyl (C=O) groups excluding carboxylic acids is 1. The number of amides is 1. The third kappa shape index (κ3) is 2.96. The predicted octanol–water partition coefficient (Wildman–Crippen LogP) is 3.53. The van der Waals surface area contributed by atoms with Gasteiger partial charge in [-0.3, -0.25) is 4.79 Å². The lowest BCUT2D eigenvalue weighted by atomic mass is 10.1. The van der Waals surface area contributed by atoms with Gasteiger partial charge in [-0.05, 0) is 42.7 Å². The van der Waals surface area contributed by atoms with E-state index in [-0.39, 0.29) is 17.2 Å². The van der Waals surface area contributed by atoms with Crippen LogP contribution in [0, 0.1) is 12.7 Å². The molecule has 20 heavy (non-hydrogen) atoms. The van der Waals surface area contributed by atoms with Crippen molar-refractivity contribution in [2.24, 2.45) is 0 Å². The molecule has 2 aromatic carbocycles. The number of nitrogens with two attached hydrogens (primary N) is 1. The topological polar surface area (TPSA) is 55.1 Å². The molecule has 104 valence electrons. The number of nitrogen functional groups attached to an aromatic ring is 1. The van der Waals surface area contributed by atoms with Gasteiger partial charge in [-0.25, -0.2) is 4.39 Å². The first-order valence-corrected chi connectivity index (χ1v) is 6.47. The molecule has 0 heterocycles. The molecule has 0 aliphatic rings. The third-order valence-corrected chi connectivity index (χ3v) is 3.16. The summed E-state index contributed by atoms with van der Waals surface area (Å²) in [4.78, 5) is 12.2. The Hall–Kier alpha value is -2.36. The summed E-state index contributed by atoms with van der Waals surface area (Å²) in [5, 5.41) is 2.84. The van der Waals surface area contributed by atoms with Gasteiger partial charge in [-0.2, -0.15) is 0 Å². The van der Waals surface area contributed by atoms with Gasteiger partial charge in [0.05, 0.1) is 0 Å². The fourth-order valence-electron chi connectivity index (χ4n) is 2.13. The van der Waals surface area contributed by atoms with Crippen LogP contribution in [0.5, 0.6) is 0 Å². The van der Waals surface area contributed by atoms with E-state index in [1.165, 1.54) is 18.2 Å². The summed E-state index contributed by atoms with van der Waals surface area (Å²) in [6.07, 6.45) is 0.808. The Bertz CT molecular complexity index is 633. The molecule has 0 radical (unpaired) electrons. The second-order valence-corrected chi connectivity index (χ2v) is 4.69. The summed E-state index contributed by atoms with van der Waals surface area (Å²) in [5.74, 6) is -0.879. The Morgan fingerprint density at radius 2 is 2.05 bits per heavy atom.